The quantitative estimate of drug-likeness (QED) is 0.513. The number of aromatic nitrogens is 3. The molecule has 1 aromatic carbocycles. The Morgan fingerprint density at radius 2 is 1.65 bits per heavy atom. The summed E-state index contributed by atoms with van der Waals surface area (Å²) in [5.74, 6) is 0.917. The summed E-state index contributed by atoms with van der Waals surface area (Å²) in [7, 11) is 0. The van der Waals surface area contributed by atoms with Crippen molar-refractivity contribution in [3.63, 3.8) is 0 Å². The van der Waals surface area contributed by atoms with Crippen LogP contribution in [0.5, 0.6) is 5.75 Å². The number of nitrogens with zero attached hydrogens (tertiary/aromatic N) is 3. The number of hydrogen-bond acceptors (Lipinski definition) is 3. The zero-order valence-corrected chi connectivity index (χ0v) is 17.9. The van der Waals surface area contributed by atoms with Crippen LogP contribution in [0.1, 0.15) is 49.1 Å². The Kier molecular flexibility index (Phi) is 5.37. The van der Waals surface area contributed by atoms with Gasteiger partial charge in [0.15, 0.2) is 5.65 Å². The summed E-state index contributed by atoms with van der Waals surface area (Å²) in [4.78, 5) is 4.71. The highest BCUT2D eigenvalue weighted by Gasteiger charge is 2.20. The van der Waals surface area contributed by atoms with Crippen LogP contribution < -0.4 is 4.74 Å². The first-order chi connectivity index (χ1) is 12.4. The van der Waals surface area contributed by atoms with Crippen LogP contribution in [-0.4, -0.2) is 20.9 Å². The van der Waals surface area contributed by atoms with Gasteiger partial charge in [-0.3, -0.25) is 0 Å². The van der Waals surface area contributed by atoms with Crippen molar-refractivity contribution in [3.05, 3.63) is 45.2 Å². The summed E-state index contributed by atoms with van der Waals surface area (Å²) in [6.45, 7) is 12.6. The van der Waals surface area contributed by atoms with E-state index in [9.17, 15) is 0 Å². The SMILES string of the molecule is CCC(CC)Oc1c(C)cnc2c1c(C)nn2-c1c(C)cc(Br)cc1C. The Morgan fingerprint density at radius 3 is 2.23 bits per heavy atom. The summed E-state index contributed by atoms with van der Waals surface area (Å²) >= 11 is 3.57. The normalized spacial score (nSPS) is 11.5. The standard InChI is InChI=1S/C21H26BrN3O/c1-7-17(8-2)26-20-14(5)11-23-21-18(20)15(6)24-25(21)19-12(3)9-16(22)10-13(19)4/h9-11,17H,7-8H2,1-6H3. The van der Waals surface area contributed by atoms with Gasteiger partial charge < -0.3 is 4.74 Å². The number of rotatable bonds is 5. The van der Waals surface area contributed by atoms with E-state index in [2.05, 4.69) is 62.7 Å². The van der Waals surface area contributed by atoms with Gasteiger partial charge in [-0.2, -0.15) is 5.10 Å². The Bertz CT molecular complexity index is 935. The molecule has 0 spiro atoms. The minimum absolute atomic E-state index is 0.207. The highest BCUT2D eigenvalue weighted by Crippen LogP contribution is 2.34. The molecule has 0 bridgehead atoms. The van der Waals surface area contributed by atoms with Crippen molar-refractivity contribution >= 4 is 27.0 Å². The Labute approximate surface area is 163 Å². The maximum atomic E-state index is 6.37. The third-order valence-corrected chi connectivity index (χ3v) is 5.32. The Morgan fingerprint density at radius 1 is 1.04 bits per heavy atom. The molecule has 0 unspecified atom stereocenters. The van der Waals surface area contributed by atoms with Crippen LogP contribution in [0.2, 0.25) is 0 Å². The molecule has 0 aliphatic rings. The molecule has 3 aromatic rings. The Balaban J connectivity index is 2.26. The van der Waals surface area contributed by atoms with E-state index in [0.717, 1.165) is 62.2 Å². The van der Waals surface area contributed by atoms with Gasteiger partial charge in [-0.1, -0.05) is 29.8 Å². The number of hydrogen-bond donors (Lipinski definition) is 0. The van der Waals surface area contributed by atoms with E-state index in [1.807, 2.05) is 17.8 Å². The maximum absolute atomic E-state index is 6.37. The van der Waals surface area contributed by atoms with E-state index in [1.54, 1.807) is 0 Å². The third kappa shape index (κ3) is 3.25. The largest absolute Gasteiger partial charge is 0.489 e. The van der Waals surface area contributed by atoms with Crippen LogP contribution in [0, 0.1) is 27.7 Å². The second-order valence-electron chi connectivity index (χ2n) is 6.91. The molecule has 3 rings (SSSR count). The van der Waals surface area contributed by atoms with Crippen LogP contribution in [0.25, 0.3) is 16.7 Å². The predicted molar refractivity (Wildman–Crippen MR) is 111 cm³/mol. The lowest BCUT2D eigenvalue weighted by atomic mass is 10.1. The zero-order valence-electron chi connectivity index (χ0n) is 16.4. The second-order valence-corrected chi connectivity index (χ2v) is 7.83. The van der Waals surface area contributed by atoms with Crippen molar-refractivity contribution in [1.82, 2.24) is 14.8 Å². The number of benzene rings is 1. The van der Waals surface area contributed by atoms with Gasteiger partial charge in [0.25, 0.3) is 0 Å². The lowest BCUT2D eigenvalue weighted by molar-refractivity contribution is 0.194. The Hall–Kier alpha value is -1.88. The fraction of sp³-hybridized carbons (Fsp3) is 0.429. The smallest absolute Gasteiger partial charge is 0.166 e. The number of ether oxygens (including phenoxy) is 1. The van der Waals surface area contributed by atoms with Crippen LogP contribution in [-0.2, 0) is 0 Å². The zero-order chi connectivity index (χ0) is 19.0. The van der Waals surface area contributed by atoms with Crippen LogP contribution in [0.3, 0.4) is 0 Å². The topological polar surface area (TPSA) is 39.9 Å². The number of fused-ring (bicyclic) bond motifs is 1. The number of aryl methyl sites for hydroxylation is 4. The molecule has 0 saturated heterocycles. The molecule has 0 N–H and O–H groups in total. The van der Waals surface area contributed by atoms with Gasteiger partial charge in [-0.25, -0.2) is 9.67 Å². The minimum Gasteiger partial charge on any atom is -0.489 e. The van der Waals surface area contributed by atoms with E-state index in [-0.39, 0.29) is 6.10 Å². The summed E-state index contributed by atoms with van der Waals surface area (Å²) < 4.78 is 9.40. The molecule has 26 heavy (non-hydrogen) atoms. The summed E-state index contributed by atoms with van der Waals surface area (Å²) in [5, 5.41) is 5.84. The fourth-order valence-electron chi connectivity index (χ4n) is 3.48. The lowest BCUT2D eigenvalue weighted by Crippen LogP contribution is -2.14. The highest BCUT2D eigenvalue weighted by molar-refractivity contribution is 9.10. The number of halogens is 1. The van der Waals surface area contributed by atoms with Gasteiger partial charge in [0.05, 0.1) is 22.9 Å². The molecule has 2 heterocycles. The molecule has 0 amide bonds. The first-order valence-corrected chi connectivity index (χ1v) is 9.95. The van der Waals surface area contributed by atoms with Gasteiger partial charge >= 0.3 is 0 Å². The average Bonchev–Trinajstić information content (AvgIpc) is 2.90. The monoisotopic (exact) mass is 415 g/mol. The van der Waals surface area contributed by atoms with Crippen LogP contribution >= 0.6 is 15.9 Å². The van der Waals surface area contributed by atoms with E-state index in [0.29, 0.717) is 0 Å². The van der Waals surface area contributed by atoms with Crippen molar-refractivity contribution in [2.45, 2.75) is 60.5 Å². The van der Waals surface area contributed by atoms with Crippen molar-refractivity contribution in [2.75, 3.05) is 0 Å². The van der Waals surface area contributed by atoms with Crippen molar-refractivity contribution in [2.24, 2.45) is 0 Å². The molecule has 138 valence electrons. The first kappa shape index (κ1) is 18.9. The molecular weight excluding hydrogens is 390 g/mol. The molecule has 4 nitrogen and oxygen atoms in total. The van der Waals surface area contributed by atoms with Gasteiger partial charge in [-0.05, 0) is 63.8 Å². The van der Waals surface area contributed by atoms with E-state index in [1.165, 1.54) is 0 Å². The first-order valence-electron chi connectivity index (χ1n) is 9.16. The fourth-order valence-corrected chi connectivity index (χ4v) is 4.17. The molecule has 2 aromatic heterocycles. The molecule has 0 aliphatic heterocycles. The summed E-state index contributed by atoms with van der Waals surface area (Å²) in [6, 6.07) is 4.22. The maximum Gasteiger partial charge on any atom is 0.166 e. The summed E-state index contributed by atoms with van der Waals surface area (Å²) in [6.07, 6.45) is 4.06. The van der Waals surface area contributed by atoms with Gasteiger partial charge in [-0.15, -0.1) is 0 Å². The molecule has 0 radical (unpaired) electrons. The van der Waals surface area contributed by atoms with Gasteiger partial charge in [0.1, 0.15) is 5.75 Å². The van der Waals surface area contributed by atoms with Gasteiger partial charge in [0.2, 0.25) is 0 Å². The van der Waals surface area contributed by atoms with Crippen LogP contribution in [0.4, 0.5) is 0 Å². The van der Waals surface area contributed by atoms with Crippen molar-refractivity contribution in [3.8, 4) is 11.4 Å². The molecule has 0 atom stereocenters. The predicted octanol–water partition coefficient (Wildman–Crippen LogP) is 5.98. The molecule has 0 fully saturated rings. The second kappa shape index (κ2) is 7.39. The van der Waals surface area contributed by atoms with E-state index >= 15 is 0 Å². The molecule has 0 saturated carbocycles. The van der Waals surface area contributed by atoms with Crippen LogP contribution in [0.15, 0.2) is 22.8 Å². The van der Waals surface area contributed by atoms with E-state index < -0.39 is 0 Å². The van der Waals surface area contributed by atoms with Crippen molar-refractivity contribution in [1.29, 1.82) is 0 Å². The van der Waals surface area contributed by atoms with Gasteiger partial charge in [0, 0.05) is 16.2 Å². The molecular formula is C21H26BrN3O. The lowest BCUT2D eigenvalue weighted by Gasteiger charge is -2.18. The number of pyridine rings is 1. The minimum atomic E-state index is 0.207. The van der Waals surface area contributed by atoms with Crippen molar-refractivity contribution < 1.29 is 4.74 Å². The van der Waals surface area contributed by atoms with E-state index in [4.69, 9.17) is 14.8 Å². The summed E-state index contributed by atoms with van der Waals surface area (Å²) in [5.41, 5.74) is 6.24. The molecule has 5 heteroatoms. The highest BCUT2D eigenvalue weighted by atomic mass is 79.9. The third-order valence-electron chi connectivity index (χ3n) is 4.86. The average molecular weight is 416 g/mol. The molecule has 0 aliphatic carbocycles.